The van der Waals surface area contributed by atoms with Crippen molar-refractivity contribution in [2.45, 2.75) is 39.8 Å². The van der Waals surface area contributed by atoms with Crippen LogP contribution >= 0.6 is 11.3 Å². The largest absolute Gasteiger partial charge is 0.336 e. The molecule has 2 aromatic rings. The van der Waals surface area contributed by atoms with Gasteiger partial charge in [0.05, 0.1) is 0 Å². The maximum Gasteiger partial charge on any atom is 0.131 e. The molecule has 1 unspecified atom stereocenters. The van der Waals surface area contributed by atoms with Crippen molar-refractivity contribution in [3.05, 3.63) is 40.6 Å². The van der Waals surface area contributed by atoms with Gasteiger partial charge in [-0.2, -0.15) is 0 Å². The minimum absolute atomic E-state index is 0.182. The van der Waals surface area contributed by atoms with Crippen molar-refractivity contribution in [2.75, 3.05) is 0 Å². The normalized spacial score (nSPS) is 21.9. The molecule has 3 nitrogen and oxygen atoms in total. The highest BCUT2D eigenvalue weighted by molar-refractivity contribution is 7.10. The van der Waals surface area contributed by atoms with Crippen LogP contribution in [-0.4, -0.2) is 15.6 Å². The van der Waals surface area contributed by atoms with E-state index in [1.165, 1.54) is 4.88 Å². The van der Waals surface area contributed by atoms with Crippen LogP contribution in [0.3, 0.4) is 0 Å². The summed E-state index contributed by atoms with van der Waals surface area (Å²) in [5, 5.41) is 5.98. The lowest BCUT2D eigenvalue weighted by Gasteiger charge is -2.19. The second kappa shape index (κ2) is 4.43. The molecule has 2 aromatic heterocycles. The number of nitrogens with zero attached hydrogens (tertiary/aromatic N) is 2. The van der Waals surface area contributed by atoms with E-state index in [1.54, 1.807) is 11.3 Å². The van der Waals surface area contributed by atoms with E-state index < -0.39 is 0 Å². The highest BCUT2D eigenvalue weighted by Crippen LogP contribution is 2.63. The Bertz CT molecular complexity index is 581. The fourth-order valence-electron chi connectivity index (χ4n) is 3.17. The zero-order chi connectivity index (χ0) is 14.5. The SMILES string of the molecule is Cn1ccnc1C(NC1C(C)(C)C1(C)C)c1cccs1. The first-order valence-electron chi connectivity index (χ1n) is 7.12. The first kappa shape index (κ1) is 13.8. The highest BCUT2D eigenvalue weighted by Gasteiger charge is 2.65. The van der Waals surface area contributed by atoms with E-state index in [0.717, 1.165) is 5.82 Å². The minimum atomic E-state index is 0.182. The van der Waals surface area contributed by atoms with Gasteiger partial charge in [0.25, 0.3) is 0 Å². The molecule has 108 valence electrons. The summed E-state index contributed by atoms with van der Waals surface area (Å²) in [5.41, 5.74) is 0.654. The van der Waals surface area contributed by atoms with Gasteiger partial charge in [-0.25, -0.2) is 4.98 Å². The van der Waals surface area contributed by atoms with Crippen molar-refractivity contribution >= 4 is 11.3 Å². The van der Waals surface area contributed by atoms with Gasteiger partial charge in [0, 0.05) is 30.4 Å². The van der Waals surface area contributed by atoms with E-state index in [2.05, 4.69) is 67.1 Å². The summed E-state index contributed by atoms with van der Waals surface area (Å²) in [4.78, 5) is 5.89. The predicted molar refractivity (Wildman–Crippen MR) is 83.9 cm³/mol. The average Bonchev–Trinajstić information content (AvgIpc) is 2.88. The maximum absolute atomic E-state index is 4.56. The van der Waals surface area contributed by atoms with Crippen molar-refractivity contribution in [3.8, 4) is 0 Å². The van der Waals surface area contributed by atoms with Crippen LogP contribution in [0.5, 0.6) is 0 Å². The summed E-state index contributed by atoms with van der Waals surface area (Å²) in [5.74, 6) is 1.09. The molecule has 0 amide bonds. The summed E-state index contributed by atoms with van der Waals surface area (Å²) in [7, 11) is 2.06. The van der Waals surface area contributed by atoms with E-state index >= 15 is 0 Å². The van der Waals surface area contributed by atoms with E-state index in [0.29, 0.717) is 16.9 Å². The molecule has 0 radical (unpaired) electrons. The number of hydrogen-bond acceptors (Lipinski definition) is 3. The zero-order valence-electron chi connectivity index (χ0n) is 12.8. The van der Waals surface area contributed by atoms with Crippen LogP contribution < -0.4 is 5.32 Å². The molecule has 0 aromatic carbocycles. The molecule has 0 saturated heterocycles. The zero-order valence-corrected chi connectivity index (χ0v) is 13.7. The summed E-state index contributed by atoms with van der Waals surface area (Å²) >= 11 is 1.79. The first-order valence-corrected chi connectivity index (χ1v) is 8.00. The van der Waals surface area contributed by atoms with E-state index in [9.17, 15) is 0 Å². The van der Waals surface area contributed by atoms with Crippen LogP contribution in [0.1, 0.15) is 44.4 Å². The third-order valence-corrected chi connectivity index (χ3v) is 6.24. The summed E-state index contributed by atoms with van der Waals surface area (Å²) in [6, 6.07) is 5.00. The van der Waals surface area contributed by atoms with Crippen molar-refractivity contribution in [1.82, 2.24) is 14.9 Å². The monoisotopic (exact) mass is 289 g/mol. The van der Waals surface area contributed by atoms with E-state index in [4.69, 9.17) is 0 Å². The van der Waals surface area contributed by atoms with Gasteiger partial charge in [-0.3, -0.25) is 5.32 Å². The number of rotatable bonds is 4. The van der Waals surface area contributed by atoms with Gasteiger partial charge >= 0.3 is 0 Å². The molecule has 0 aliphatic heterocycles. The lowest BCUT2D eigenvalue weighted by Crippen LogP contribution is -2.30. The fourth-order valence-corrected chi connectivity index (χ4v) is 3.96. The molecule has 1 atom stereocenters. The molecule has 2 heterocycles. The molecule has 1 saturated carbocycles. The van der Waals surface area contributed by atoms with Gasteiger partial charge < -0.3 is 4.57 Å². The quantitative estimate of drug-likeness (QED) is 0.932. The Balaban J connectivity index is 1.91. The maximum atomic E-state index is 4.56. The lowest BCUT2D eigenvalue weighted by molar-refractivity contribution is 0.457. The summed E-state index contributed by atoms with van der Waals surface area (Å²) in [6.45, 7) is 9.37. The molecule has 0 bridgehead atoms. The first-order chi connectivity index (χ1) is 9.35. The predicted octanol–water partition coefficient (Wildman–Crippen LogP) is 3.60. The van der Waals surface area contributed by atoms with Gasteiger partial charge in [-0.15, -0.1) is 11.3 Å². The molecule has 1 fully saturated rings. The average molecular weight is 289 g/mol. The van der Waals surface area contributed by atoms with Gasteiger partial charge in [-0.05, 0) is 22.3 Å². The molecule has 3 rings (SSSR count). The van der Waals surface area contributed by atoms with Crippen LogP contribution in [0.25, 0.3) is 0 Å². The Morgan fingerprint density at radius 2 is 2.00 bits per heavy atom. The van der Waals surface area contributed by atoms with E-state index in [1.807, 2.05) is 12.4 Å². The van der Waals surface area contributed by atoms with Gasteiger partial charge in [-0.1, -0.05) is 33.8 Å². The summed E-state index contributed by atoms with van der Waals surface area (Å²) < 4.78 is 2.11. The standard InChI is InChI=1S/C16H23N3S/c1-15(2)14(16(15,3)4)18-12(11-7-6-10-20-11)13-17-8-9-19(13)5/h6-10,12,14,18H,1-5H3. The van der Waals surface area contributed by atoms with Crippen LogP contribution in [0.4, 0.5) is 0 Å². The number of thiophene rings is 1. The number of imidazole rings is 1. The van der Waals surface area contributed by atoms with Crippen LogP contribution in [0.15, 0.2) is 29.9 Å². The highest BCUT2D eigenvalue weighted by atomic mass is 32.1. The van der Waals surface area contributed by atoms with Gasteiger partial charge in [0.2, 0.25) is 0 Å². The third-order valence-electron chi connectivity index (χ3n) is 5.30. The van der Waals surface area contributed by atoms with Crippen molar-refractivity contribution < 1.29 is 0 Å². The Morgan fingerprint density at radius 1 is 1.30 bits per heavy atom. The number of hydrogen-bond donors (Lipinski definition) is 1. The molecule has 0 spiro atoms. The van der Waals surface area contributed by atoms with Gasteiger partial charge in [0.1, 0.15) is 11.9 Å². The number of nitrogens with one attached hydrogen (secondary N) is 1. The Hall–Kier alpha value is -1.13. The molecular formula is C16H23N3S. The Morgan fingerprint density at radius 3 is 2.45 bits per heavy atom. The minimum Gasteiger partial charge on any atom is -0.336 e. The summed E-state index contributed by atoms with van der Waals surface area (Å²) in [6.07, 6.45) is 3.89. The Labute approximate surface area is 125 Å². The topological polar surface area (TPSA) is 29.9 Å². The van der Waals surface area contributed by atoms with Crippen LogP contribution in [0, 0.1) is 10.8 Å². The molecule has 4 heteroatoms. The molecule has 1 aliphatic carbocycles. The molecule has 1 aliphatic rings. The lowest BCUT2D eigenvalue weighted by atomic mass is 10.0. The number of aromatic nitrogens is 2. The molecule has 1 N–H and O–H groups in total. The molecular weight excluding hydrogens is 266 g/mol. The molecule has 20 heavy (non-hydrogen) atoms. The second-order valence-corrected chi connectivity index (χ2v) is 7.87. The van der Waals surface area contributed by atoms with Crippen molar-refractivity contribution in [1.29, 1.82) is 0 Å². The third kappa shape index (κ3) is 1.93. The van der Waals surface area contributed by atoms with Crippen LogP contribution in [0.2, 0.25) is 0 Å². The second-order valence-electron chi connectivity index (χ2n) is 6.89. The van der Waals surface area contributed by atoms with Crippen molar-refractivity contribution in [3.63, 3.8) is 0 Å². The number of aryl methyl sites for hydroxylation is 1. The smallest absolute Gasteiger partial charge is 0.131 e. The van der Waals surface area contributed by atoms with Gasteiger partial charge in [0.15, 0.2) is 0 Å². The fraction of sp³-hybridized carbons (Fsp3) is 0.562. The van der Waals surface area contributed by atoms with Crippen molar-refractivity contribution in [2.24, 2.45) is 17.9 Å². The van der Waals surface area contributed by atoms with E-state index in [-0.39, 0.29) is 6.04 Å². The Kier molecular flexibility index (Phi) is 3.07. The van der Waals surface area contributed by atoms with Crippen LogP contribution in [-0.2, 0) is 7.05 Å².